The molecule has 0 aliphatic rings. The molecule has 0 radical (unpaired) electrons. The van der Waals surface area contributed by atoms with Crippen molar-refractivity contribution in [3.05, 3.63) is 70.3 Å². The van der Waals surface area contributed by atoms with Gasteiger partial charge in [-0.25, -0.2) is 8.78 Å². The fourth-order valence-corrected chi connectivity index (χ4v) is 2.32. The second-order valence-corrected chi connectivity index (χ2v) is 5.04. The summed E-state index contributed by atoms with van der Waals surface area (Å²) in [5.74, 6) is -1.37. The summed E-state index contributed by atoms with van der Waals surface area (Å²) in [4.78, 5) is 0. The molecule has 2 aromatic carbocycles. The Morgan fingerprint density at radius 2 is 1.20 bits per heavy atom. The van der Waals surface area contributed by atoms with E-state index in [1.165, 1.54) is 5.56 Å². The lowest BCUT2D eigenvalue weighted by molar-refractivity contribution is 0.490. The normalized spacial score (nSPS) is 10.8. The van der Waals surface area contributed by atoms with Gasteiger partial charge in [-0.3, -0.25) is 0 Å². The van der Waals surface area contributed by atoms with Crippen molar-refractivity contribution in [3.8, 4) is 0 Å². The minimum atomic E-state index is -0.689. The Hall–Kier alpha value is -1.70. The van der Waals surface area contributed by atoms with E-state index in [4.69, 9.17) is 0 Å². The predicted molar refractivity (Wildman–Crippen MR) is 79.0 cm³/mol. The van der Waals surface area contributed by atoms with E-state index in [0.717, 1.165) is 18.4 Å². The molecule has 0 aliphatic heterocycles. The monoisotopic (exact) mass is 274 g/mol. The molecule has 0 N–H and O–H groups in total. The SMILES string of the molecule is CCc1ccc(CCc2ccc(CC)c(F)c2F)cc1. The zero-order valence-corrected chi connectivity index (χ0v) is 12.0. The van der Waals surface area contributed by atoms with Crippen molar-refractivity contribution in [2.45, 2.75) is 39.5 Å². The molecule has 0 unspecified atom stereocenters. The number of benzene rings is 2. The van der Waals surface area contributed by atoms with Crippen molar-refractivity contribution in [3.63, 3.8) is 0 Å². The number of rotatable bonds is 5. The second-order valence-electron chi connectivity index (χ2n) is 5.04. The molecule has 0 saturated heterocycles. The smallest absolute Gasteiger partial charge is 0.162 e. The first-order valence-corrected chi connectivity index (χ1v) is 7.19. The molecule has 0 amide bonds. The van der Waals surface area contributed by atoms with E-state index < -0.39 is 11.6 Å². The van der Waals surface area contributed by atoms with Crippen LogP contribution in [0.5, 0.6) is 0 Å². The highest BCUT2D eigenvalue weighted by Crippen LogP contribution is 2.19. The van der Waals surface area contributed by atoms with Gasteiger partial charge in [-0.15, -0.1) is 0 Å². The van der Waals surface area contributed by atoms with E-state index in [1.54, 1.807) is 12.1 Å². The number of hydrogen-bond acceptors (Lipinski definition) is 0. The lowest BCUT2D eigenvalue weighted by atomic mass is 10.0. The van der Waals surface area contributed by atoms with Crippen LogP contribution in [-0.4, -0.2) is 0 Å². The van der Waals surface area contributed by atoms with E-state index in [2.05, 4.69) is 31.2 Å². The average Bonchev–Trinajstić information content (AvgIpc) is 2.49. The highest BCUT2D eigenvalue weighted by molar-refractivity contribution is 5.28. The molecule has 20 heavy (non-hydrogen) atoms. The highest BCUT2D eigenvalue weighted by atomic mass is 19.2. The molecule has 0 aliphatic carbocycles. The van der Waals surface area contributed by atoms with Crippen molar-refractivity contribution >= 4 is 0 Å². The number of aryl methyl sites for hydroxylation is 4. The van der Waals surface area contributed by atoms with Gasteiger partial charge >= 0.3 is 0 Å². The zero-order valence-electron chi connectivity index (χ0n) is 12.0. The molecule has 2 heteroatoms. The first kappa shape index (κ1) is 14.7. The van der Waals surface area contributed by atoms with Gasteiger partial charge in [-0.2, -0.15) is 0 Å². The molecule has 2 rings (SSSR count). The van der Waals surface area contributed by atoms with E-state index in [0.29, 0.717) is 24.0 Å². The van der Waals surface area contributed by atoms with Crippen molar-refractivity contribution in [1.29, 1.82) is 0 Å². The third-order valence-corrected chi connectivity index (χ3v) is 3.74. The molecular weight excluding hydrogens is 254 g/mol. The second kappa shape index (κ2) is 6.65. The van der Waals surface area contributed by atoms with Gasteiger partial charge in [-0.05, 0) is 47.9 Å². The Labute approximate surface area is 119 Å². The molecule has 0 fully saturated rings. The lowest BCUT2D eigenvalue weighted by Gasteiger charge is -2.08. The van der Waals surface area contributed by atoms with E-state index in [1.807, 2.05) is 6.92 Å². The number of hydrogen-bond donors (Lipinski definition) is 0. The molecule has 0 spiro atoms. The molecule has 0 saturated carbocycles. The highest BCUT2D eigenvalue weighted by Gasteiger charge is 2.12. The molecule has 0 atom stereocenters. The van der Waals surface area contributed by atoms with Crippen molar-refractivity contribution in [2.75, 3.05) is 0 Å². The van der Waals surface area contributed by atoms with Crippen LogP contribution in [0.4, 0.5) is 8.78 Å². The Bertz CT molecular complexity index is 571. The van der Waals surface area contributed by atoms with Gasteiger partial charge in [0.25, 0.3) is 0 Å². The quantitative estimate of drug-likeness (QED) is 0.729. The Kier molecular flexibility index (Phi) is 4.89. The van der Waals surface area contributed by atoms with Gasteiger partial charge < -0.3 is 0 Å². The van der Waals surface area contributed by atoms with Gasteiger partial charge in [-0.1, -0.05) is 50.2 Å². The van der Waals surface area contributed by atoms with E-state index in [-0.39, 0.29) is 0 Å². The third-order valence-electron chi connectivity index (χ3n) is 3.74. The Morgan fingerprint density at radius 1 is 0.650 bits per heavy atom. The predicted octanol–water partition coefficient (Wildman–Crippen LogP) is 4.87. The summed E-state index contributed by atoms with van der Waals surface area (Å²) in [6, 6.07) is 11.7. The van der Waals surface area contributed by atoms with Crippen LogP contribution in [0.15, 0.2) is 36.4 Å². The summed E-state index contributed by atoms with van der Waals surface area (Å²) < 4.78 is 27.6. The third kappa shape index (κ3) is 3.24. The van der Waals surface area contributed by atoms with Crippen LogP contribution in [0.2, 0.25) is 0 Å². The maximum Gasteiger partial charge on any atom is 0.162 e. The summed E-state index contributed by atoms with van der Waals surface area (Å²) in [7, 11) is 0. The maximum absolute atomic E-state index is 13.9. The summed E-state index contributed by atoms with van der Waals surface area (Å²) >= 11 is 0. The number of halogens is 2. The molecule has 0 nitrogen and oxygen atoms in total. The van der Waals surface area contributed by atoms with Crippen molar-refractivity contribution < 1.29 is 8.78 Å². The van der Waals surface area contributed by atoms with Gasteiger partial charge in [0.1, 0.15) is 0 Å². The van der Waals surface area contributed by atoms with Gasteiger partial charge in [0.15, 0.2) is 11.6 Å². The molecular formula is C18H20F2. The van der Waals surface area contributed by atoms with Gasteiger partial charge in [0, 0.05) is 0 Å². The summed E-state index contributed by atoms with van der Waals surface area (Å²) in [6.45, 7) is 3.94. The van der Waals surface area contributed by atoms with Crippen LogP contribution in [0.3, 0.4) is 0 Å². The Morgan fingerprint density at radius 3 is 1.80 bits per heavy atom. The summed E-state index contributed by atoms with van der Waals surface area (Å²) in [5.41, 5.74) is 3.35. The minimum Gasteiger partial charge on any atom is -0.203 e. The van der Waals surface area contributed by atoms with E-state index in [9.17, 15) is 8.78 Å². The van der Waals surface area contributed by atoms with E-state index >= 15 is 0 Å². The van der Waals surface area contributed by atoms with Crippen molar-refractivity contribution in [2.24, 2.45) is 0 Å². The topological polar surface area (TPSA) is 0 Å². The minimum absolute atomic E-state index is 0.443. The first-order chi connectivity index (χ1) is 9.65. The van der Waals surface area contributed by atoms with Crippen LogP contribution in [0, 0.1) is 11.6 Å². The summed E-state index contributed by atoms with van der Waals surface area (Å²) in [5, 5.41) is 0. The maximum atomic E-state index is 13.9. The van der Waals surface area contributed by atoms with Crippen molar-refractivity contribution in [1.82, 2.24) is 0 Å². The molecule has 0 aromatic heterocycles. The molecule has 0 heterocycles. The fraction of sp³-hybridized carbons (Fsp3) is 0.333. The first-order valence-electron chi connectivity index (χ1n) is 7.19. The lowest BCUT2D eigenvalue weighted by Crippen LogP contribution is -2.01. The van der Waals surface area contributed by atoms with Gasteiger partial charge in [0.2, 0.25) is 0 Å². The largest absolute Gasteiger partial charge is 0.203 e. The Balaban J connectivity index is 2.08. The van der Waals surface area contributed by atoms with Crippen LogP contribution in [0.1, 0.15) is 36.1 Å². The van der Waals surface area contributed by atoms with Crippen LogP contribution < -0.4 is 0 Å². The standard InChI is InChI=1S/C18H20F2/c1-3-13-5-7-14(8-6-13)9-10-16-12-11-15(4-2)17(19)18(16)20/h5-8,11-12H,3-4,9-10H2,1-2H3. The van der Waals surface area contributed by atoms with Crippen LogP contribution in [-0.2, 0) is 25.7 Å². The fourth-order valence-electron chi connectivity index (χ4n) is 2.32. The molecule has 2 aromatic rings. The average molecular weight is 274 g/mol. The van der Waals surface area contributed by atoms with Gasteiger partial charge in [0.05, 0.1) is 0 Å². The van der Waals surface area contributed by atoms with Crippen LogP contribution in [0.25, 0.3) is 0 Å². The van der Waals surface area contributed by atoms with Crippen LogP contribution >= 0.6 is 0 Å². The molecule has 0 bridgehead atoms. The summed E-state index contributed by atoms with van der Waals surface area (Å²) in [6.07, 6.45) is 2.78. The molecule has 106 valence electrons. The zero-order chi connectivity index (χ0) is 14.5.